The molecule has 1 atom stereocenters. The highest BCUT2D eigenvalue weighted by molar-refractivity contribution is 5.92. The fraction of sp³-hybridized carbons (Fsp3) is 0.588. The summed E-state index contributed by atoms with van der Waals surface area (Å²) in [5.41, 5.74) is 7.47. The predicted octanol–water partition coefficient (Wildman–Crippen LogP) is 2.98. The summed E-state index contributed by atoms with van der Waals surface area (Å²) in [5.74, 6) is 0.0422. The Bertz CT molecular complexity index is 434. The average molecular weight is 291 g/mol. The lowest BCUT2D eigenvalue weighted by Crippen LogP contribution is -2.39. The van der Waals surface area contributed by atoms with Gasteiger partial charge in [-0.05, 0) is 44.0 Å². The molecule has 1 unspecified atom stereocenters. The first-order chi connectivity index (χ1) is 10.1. The van der Waals surface area contributed by atoms with Gasteiger partial charge >= 0.3 is 0 Å². The van der Waals surface area contributed by atoms with Crippen molar-refractivity contribution in [3.8, 4) is 0 Å². The van der Waals surface area contributed by atoms with Crippen molar-refractivity contribution in [2.45, 2.75) is 52.6 Å². The van der Waals surface area contributed by atoms with E-state index < -0.39 is 0 Å². The lowest BCUT2D eigenvalue weighted by Gasteiger charge is -2.27. The zero-order chi connectivity index (χ0) is 15.7. The first-order valence-corrected chi connectivity index (χ1v) is 7.93. The Labute approximate surface area is 128 Å². The zero-order valence-electron chi connectivity index (χ0n) is 13.6. The molecule has 0 aliphatic rings. The molecule has 3 N–H and O–H groups in total. The van der Waals surface area contributed by atoms with E-state index in [1.54, 1.807) is 0 Å². The summed E-state index contributed by atoms with van der Waals surface area (Å²) in [4.78, 5) is 14.5. The molecule has 21 heavy (non-hydrogen) atoms. The van der Waals surface area contributed by atoms with Gasteiger partial charge in [-0.2, -0.15) is 0 Å². The molecule has 118 valence electrons. The second-order valence-corrected chi connectivity index (χ2v) is 5.53. The number of rotatable bonds is 9. The maximum atomic E-state index is 12.2. The van der Waals surface area contributed by atoms with E-state index in [-0.39, 0.29) is 5.91 Å². The normalized spacial score (nSPS) is 12.4. The molecule has 1 rings (SSSR count). The van der Waals surface area contributed by atoms with Crippen molar-refractivity contribution >= 4 is 11.6 Å². The van der Waals surface area contributed by atoms with Crippen LogP contribution in [0.25, 0.3) is 0 Å². The molecule has 0 aliphatic heterocycles. The number of nitrogens with zero attached hydrogens (tertiary/aromatic N) is 1. The quantitative estimate of drug-likeness (QED) is 0.735. The van der Waals surface area contributed by atoms with Crippen molar-refractivity contribution in [2.24, 2.45) is 5.73 Å². The molecule has 0 saturated heterocycles. The van der Waals surface area contributed by atoms with Crippen LogP contribution in [0.15, 0.2) is 24.3 Å². The summed E-state index contributed by atoms with van der Waals surface area (Å²) < 4.78 is 0. The summed E-state index contributed by atoms with van der Waals surface area (Å²) in [7, 11) is 0. The highest BCUT2D eigenvalue weighted by Gasteiger charge is 2.15. The van der Waals surface area contributed by atoms with Gasteiger partial charge in [0.2, 0.25) is 5.91 Å². The van der Waals surface area contributed by atoms with E-state index in [4.69, 9.17) is 5.73 Å². The average Bonchev–Trinajstić information content (AvgIpc) is 2.50. The van der Waals surface area contributed by atoms with E-state index in [2.05, 4.69) is 31.0 Å². The monoisotopic (exact) mass is 291 g/mol. The van der Waals surface area contributed by atoms with E-state index in [0.29, 0.717) is 19.1 Å². The number of carbonyl (C=O) groups is 1. The molecule has 1 amide bonds. The van der Waals surface area contributed by atoms with E-state index in [1.165, 1.54) is 0 Å². The molecule has 0 fully saturated rings. The minimum absolute atomic E-state index is 0.0422. The number of carbonyl (C=O) groups excluding carboxylic acids is 1. The van der Waals surface area contributed by atoms with Gasteiger partial charge in [0.15, 0.2) is 0 Å². The van der Waals surface area contributed by atoms with Gasteiger partial charge in [0.25, 0.3) is 0 Å². The molecule has 0 radical (unpaired) electrons. The van der Waals surface area contributed by atoms with E-state index >= 15 is 0 Å². The molecule has 0 aromatic heterocycles. The van der Waals surface area contributed by atoms with Crippen LogP contribution in [0.2, 0.25) is 0 Å². The second-order valence-electron chi connectivity index (χ2n) is 5.53. The van der Waals surface area contributed by atoms with Crippen LogP contribution in [0, 0.1) is 0 Å². The van der Waals surface area contributed by atoms with Gasteiger partial charge in [-0.3, -0.25) is 9.69 Å². The minimum atomic E-state index is 0.0422. The number of unbranched alkanes of at least 4 members (excludes halogenated alkanes) is 1. The second kappa shape index (κ2) is 9.53. The molecule has 4 nitrogen and oxygen atoms in total. The van der Waals surface area contributed by atoms with Gasteiger partial charge in [-0.25, -0.2) is 0 Å². The molecule has 1 aromatic carbocycles. The van der Waals surface area contributed by atoms with Crippen LogP contribution < -0.4 is 11.1 Å². The van der Waals surface area contributed by atoms with Crippen LogP contribution in [-0.2, 0) is 11.3 Å². The third-order valence-electron chi connectivity index (χ3n) is 3.81. The van der Waals surface area contributed by atoms with E-state index in [0.717, 1.165) is 37.1 Å². The lowest BCUT2D eigenvalue weighted by atomic mass is 10.2. The van der Waals surface area contributed by atoms with Crippen LogP contribution >= 0.6 is 0 Å². The number of hydrogen-bond donors (Lipinski definition) is 2. The van der Waals surface area contributed by atoms with Crippen LogP contribution in [0.5, 0.6) is 0 Å². The van der Waals surface area contributed by atoms with Gasteiger partial charge in [0.05, 0.1) is 6.54 Å². The topological polar surface area (TPSA) is 58.4 Å². The number of nitrogens with one attached hydrogen (secondary N) is 1. The Hall–Kier alpha value is -1.39. The van der Waals surface area contributed by atoms with E-state index in [1.807, 2.05) is 24.3 Å². The number of benzene rings is 1. The van der Waals surface area contributed by atoms with Gasteiger partial charge in [-0.1, -0.05) is 32.4 Å². The summed E-state index contributed by atoms with van der Waals surface area (Å²) in [6.45, 7) is 8.42. The third-order valence-corrected chi connectivity index (χ3v) is 3.81. The lowest BCUT2D eigenvalue weighted by molar-refractivity contribution is -0.117. The Morgan fingerprint density at radius 1 is 1.38 bits per heavy atom. The Morgan fingerprint density at radius 2 is 2.14 bits per heavy atom. The maximum Gasteiger partial charge on any atom is 0.238 e. The molecule has 0 bridgehead atoms. The fourth-order valence-corrected chi connectivity index (χ4v) is 2.24. The standard InChI is InChI=1S/C17H29N3O/c1-4-6-10-20(14(3)5-2)13-17(21)19-16-9-7-8-15(11-16)12-18/h7-9,11,14H,4-6,10,12-13,18H2,1-3H3,(H,19,21). The molecule has 0 spiro atoms. The summed E-state index contributed by atoms with van der Waals surface area (Å²) in [5, 5.41) is 2.97. The van der Waals surface area contributed by atoms with Crippen molar-refractivity contribution in [1.29, 1.82) is 0 Å². The van der Waals surface area contributed by atoms with Crippen LogP contribution in [0.4, 0.5) is 5.69 Å². The minimum Gasteiger partial charge on any atom is -0.326 e. The van der Waals surface area contributed by atoms with Crippen LogP contribution in [0.3, 0.4) is 0 Å². The van der Waals surface area contributed by atoms with Crippen LogP contribution in [-0.4, -0.2) is 29.9 Å². The predicted molar refractivity (Wildman–Crippen MR) is 89.2 cm³/mol. The Kier molecular flexibility index (Phi) is 8.01. The number of nitrogens with two attached hydrogens (primary N) is 1. The molecular weight excluding hydrogens is 262 g/mol. The van der Waals surface area contributed by atoms with E-state index in [9.17, 15) is 4.79 Å². The Morgan fingerprint density at radius 3 is 2.76 bits per heavy atom. The highest BCUT2D eigenvalue weighted by atomic mass is 16.2. The smallest absolute Gasteiger partial charge is 0.238 e. The van der Waals surface area contributed by atoms with Crippen molar-refractivity contribution in [1.82, 2.24) is 4.90 Å². The van der Waals surface area contributed by atoms with Gasteiger partial charge in [0.1, 0.15) is 0 Å². The van der Waals surface area contributed by atoms with Gasteiger partial charge < -0.3 is 11.1 Å². The third kappa shape index (κ3) is 6.27. The SMILES string of the molecule is CCCCN(CC(=O)Nc1cccc(CN)c1)C(C)CC. The molecule has 0 saturated carbocycles. The Balaban J connectivity index is 2.59. The molecule has 0 heterocycles. The van der Waals surface area contributed by atoms with Crippen molar-refractivity contribution in [3.63, 3.8) is 0 Å². The molecular formula is C17H29N3O. The van der Waals surface area contributed by atoms with Crippen molar-refractivity contribution < 1.29 is 4.79 Å². The molecule has 4 heteroatoms. The molecule has 0 aliphatic carbocycles. The van der Waals surface area contributed by atoms with Crippen molar-refractivity contribution in [3.05, 3.63) is 29.8 Å². The molecule has 1 aromatic rings. The summed E-state index contributed by atoms with van der Waals surface area (Å²) in [6.07, 6.45) is 3.33. The van der Waals surface area contributed by atoms with Crippen LogP contribution in [0.1, 0.15) is 45.6 Å². The number of anilines is 1. The summed E-state index contributed by atoms with van der Waals surface area (Å²) in [6, 6.07) is 8.13. The van der Waals surface area contributed by atoms with Crippen molar-refractivity contribution in [2.75, 3.05) is 18.4 Å². The van der Waals surface area contributed by atoms with Gasteiger partial charge in [-0.15, -0.1) is 0 Å². The fourth-order valence-electron chi connectivity index (χ4n) is 2.24. The first-order valence-electron chi connectivity index (χ1n) is 7.93. The summed E-state index contributed by atoms with van der Waals surface area (Å²) >= 11 is 0. The number of hydrogen-bond acceptors (Lipinski definition) is 3. The zero-order valence-corrected chi connectivity index (χ0v) is 13.6. The first kappa shape index (κ1) is 17.7. The van der Waals surface area contributed by atoms with Gasteiger partial charge in [0, 0.05) is 18.3 Å². The number of amides is 1. The highest BCUT2D eigenvalue weighted by Crippen LogP contribution is 2.11. The maximum absolute atomic E-state index is 12.2. The largest absolute Gasteiger partial charge is 0.326 e.